The Morgan fingerprint density at radius 3 is 2.26 bits per heavy atom. The van der Waals surface area contributed by atoms with Crippen LogP contribution >= 0.6 is 0 Å². The molecule has 0 amide bonds. The van der Waals surface area contributed by atoms with Crippen LogP contribution in [0.15, 0.2) is 53.4 Å². The van der Waals surface area contributed by atoms with Crippen molar-refractivity contribution in [2.24, 2.45) is 0 Å². The zero-order valence-electron chi connectivity index (χ0n) is 17.5. The van der Waals surface area contributed by atoms with Crippen molar-refractivity contribution in [2.75, 3.05) is 35.8 Å². The number of anilines is 2. The summed E-state index contributed by atoms with van der Waals surface area (Å²) in [6.07, 6.45) is 6.52. The van der Waals surface area contributed by atoms with Crippen molar-refractivity contribution in [2.45, 2.75) is 43.0 Å². The summed E-state index contributed by atoms with van der Waals surface area (Å²) in [6, 6.07) is 13.5. The van der Waals surface area contributed by atoms with Crippen LogP contribution in [-0.2, 0) is 10.0 Å². The van der Waals surface area contributed by atoms with Crippen molar-refractivity contribution in [3.8, 4) is 0 Å². The first-order chi connectivity index (χ1) is 14.9. The second-order valence-electron chi connectivity index (χ2n) is 8.27. The van der Waals surface area contributed by atoms with Gasteiger partial charge in [-0.3, -0.25) is 9.62 Å². The summed E-state index contributed by atoms with van der Waals surface area (Å²) in [5.74, 6) is -1.16. The largest absolute Gasteiger partial charge is 0.478 e. The molecule has 7 nitrogen and oxygen atoms in total. The highest BCUT2D eigenvalue weighted by atomic mass is 32.2. The molecule has 0 unspecified atom stereocenters. The van der Waals surface area contributed by atoms with Crippen molar-refractivity contribution in [1.29, 1.82) is 0 Å². The molecule has 2 N–H and O–H groups in total. The van der Waals surface area contributed by atoms with Crippen LogP contribution in [0.1, 0.15) is 42.5 Å². The molecule has 4 rings (SSSR count). The molecular weight excluding hydrogens is 414 g/mol. The van der Waals surface area contributed by atoms with Gasteiger partial charge in [0, 0.05) is 37.9 Å². The van der Waals surface area contributed by atoms with Crippen LogP contribution < -0.4 is 9.62 Å². The number of hydrogen-bond acceptors (Lipinski definition) is 5. The number of carbonyl (C=O) groups is 1. The lowest BCUT2D eigenvalue weighted by Crippen LogP contribution is -2.50. The van der Waals surface area contributed by atoms with E-state index in [1.807, 2.05) is 0 Å². The number of carboxylic acid groups (broad SMARTS) is 1. The van der Waals surface area contributed by atoms with Crippen LogP contribution in [0.2, 0.25) is 0 Å². The van der Waals surface area contributed by atoms with Crippen LogP contribution in [0.3, 0.4) is 0 Å². The summed E-state index contributed by atoms with van der Waals surface area (Å²) in [5, 5.41) is 9.71. The lowest BCUT2D eigenvalue weighted by molar-refractivity contribution is 0.0698. The van der Waals surface area contributed by atoms with E-state index in [1.54, 1.807) is 36.4 Å². The number of benzene rings is 2. The van der Waals surface area contributed by atoms with E-state index in [1.165, 1.54) is 44.2 Å². The average molecular weight is 444 g/mol. The number of carboxylic acids is 1. The highest BCUT2D eigenvalue weighted by Crippen LogP contribution is 2.28. The molecule has 1 aliphatic heterocycles. The van der Waals surface area contributed by atoms with Gasteiger partial charge in [0.2, 0.25) is 0 Å². The molecular formula is C23H29N3O4S. The summed E-state index contributed by atoms with van der Waals surface area (Å²) >= 11 is 0. The minimum atomic E-state index is -3.86. The highest BCUT2D eigenvalue weighted by molar-refractivity contribution is 7.92. The molecule has 1 saturated carbocycles. The zero-order chi connectivity index (χ0) is 21.8. The molecule has 31 heavy (non-hydrogen) atoms. The average Bonchev–Trinajstić information content (AvgIpc) is 2.80. The smallest absolute Gasteiger partial charge is 0.337 e. The molecule has 0 bridgehead atoms. The molecule has 2 aliphatic rings. The number of nitrogens with zero attached hydrogens (tertiary/aromatic N) is 2. The minimum absolute atomic E-state index is 0.0493. The first-order valence-electron chi connectivity index (χ1n) is 10.9. The van der Waals surface area contributed by atoms with Gasteiger partial charge in [-0.25, -0.2) is 13.2 Å². The third kappa shape index (κ3) is 5.02. The minimum Gasteiger partial charge on any atom is -0.478 e. The third-order valence-corrected chi connectivity index (χ3v) is 7.68. The van der Waals surface area contributed by atoms with Gasteiger partial charge in [0.15, 0.2) is 0 Å². The molecule has 2 aromatic rings. The van der Waals surface area contributed by atoms with Gasteiger partial charge in [0.25, 0.3) is 10.0 Å². The van der Waals surface area contributed by atoms with Gasteiger partial charge in [-0.2, -0.15) is 0 Å². The lowest BCUT2D eigenvalue weighted by atomic mass is 9.94. The van der Waals surface area contributed by atoms with Gasteiger partial charge in [-0.1, -0.05) is 37.5 Å². The summed E-state index contributed by atoms with van der Waals surface area (Å²) < 4.78 is 27.7. The Bertz CT molecular complexity index is 1010. The number of rotatable bonds is 6. The van der Waals surface area contributed by atoms with Crippen LogP contribution in [0.5, 0.6) is 0 Å². The topological polar surface area (TPSA) is 89.9 Å². The number of aromatic carboxylic acids is 1. The van der Waals surface area contributed by atoms with Gasteiger partial charge in [-0.15, -0.1) is 0 Å². The fourth-order valence-corrected chi connectivity index (χ4v) is 5.69. The van der Waals surface area contributed by atoms with Gasteiger partial charge >= 0.3 is 5.97 Å². The summed E-state index contributed by atoms with van der Waals surface area (Å²) in [6.45, 7) is 3.61. The second kappa shape index (κ2) is 9.28. The summed E-state index contributed by atoms with van der Waals surface area (Å²) in [4.78, 5) is 16.7. The van der Waals surface area contributed by atoms with Crippen LogP contribution in [0.25, 0.3) is 0 Å². The van der Waals surface area contributed by atoms with Gasteiger partial charge < -0.3 is 10.0 Å². The van der Waals surface area contributed by atoms with Crippen molar-refractivity contribution < 1.29 is 18.3 Å². The molecule has 1 heterocycles. The zero-order valence-corrected chi connectivity index (χ0v) is 18.4. The fourth-order valence-electron chi connectivity index (χ4n) is 4.59. The maximum atomic E-state index is 12.6. The lowest BCUT2D eigenvalue weighted by Gasteiger charge is -2.41. The third-order valence-electron chi connectivity index (χ3n) is 6.30. The molecule has 166 valence electrons. The molecule has 0 spiro atoms. The molecule has 1 saturated heterocycles. The van der Waals surface area contributed by atoms with E-state index in [0.29, 0.717) is 6.04 Å². The fraction of sp³-hybridized carbons (Fsp3) is 0.435. The van der Waals surface area contributed by atoms with E-state index in [4.69, 9.17) is 0 Å². The Kier molecular flexibility index (Phi) is 6.48. The van der Waals surface area contributed by atoms with E-state index in [0.717, 1.165) is 31.9 Å². The van der Waals surface area contributed by atoms with Crippen molar-refractivity contribution >= 4 is 27.4 Å². The molecule has 0 aromatic heterocycles. The summed E-state index contributed by atoms with van der Waals surface area (Å²) in [7, 11) is -3.86. The molecule has 2 aromatic carbocycles. The monoisotopic (exact) mass is 443 g/mol. The van der Waals surface area contributed by atoms with E-state index in [2.05, 4.69) is 14.5 Å². The number of sulfonamides is 1. The molecule has 8 heteroatoms. The Hall–Kier alpha value is -2.58. The number of piperazine rings is 1. The predicted molar refractivity (Wildman–Crippen MR) is 121 cm³/mol. The first kappa shape index (κ1) is 21.6. The number of nitrogens with one attached hydrogen (secondary N) is 1. The second-order valence-corrected chi connectivity index (χ2v) is 9.95. The molecule has 0 radical (unpaired) electrons. The maximum Gasteiger partial charge on any atom is 0.337 e. The molecule has 1 aliphatic carbocycles. The standard InChI is InChI=1S/C23H29N3O4S/c27-23(28)21-17-19(26-15-13-25(14-16-26)18-7-3-1-4-8-18)11-12-22(21)24-31(29,30)20-9-5-2-6-10-20/h2,5-6,9-12,17-18,24H,1,3-4,7-8,13-16H2,(H,27,28). The predicted octanol–water partition coefficient (Wildman–Crippen LogP) is 3.64. The van der Waals surface area contributed by atoms with Crippen LogP contribution in [-0.4, -0.2) is 56.6 Å². The van der Waals surface area contributed by atoms with Crippen molar-refractivity contribution in [3.63, 3.8) is 0 Å². The first-order valence-corrected chi connectivity index (χ1v) is 12.4. The summed E-state index contributed by atoms with van der Waals surface area (Å²) in [5.41, 5.74) is 0.830. The quantitative estimate of drug-likeness (QED) is 0.709. The molecule has 2 fully saturated rings. The maximum absolute atomic E-state index is 12.6. The Morgan fingerprint density at radius 2 is 1.61 bits per heavy atom. The van der Waals surface area contributed by atoms with Crippen LogP contribution in [0.4, 0.5) is 11.4 Å². The number of hydrogen-bond donors (Lipinski definition) is 2. The SMILES string of the molecule is O=C(O)c1cc(N2CCN(C3CCCCC3)CC2)ccc1NS(=O)(=O)c1ccccc1. The van der Waals surface area contributed by atoms with Crippen molar-refractivity contribution in [1.82, 2.24) is 4.90 Å². The van der Waals surface area contributed by atoms with Gasteiger partial charge in [0.05, 0.1) is 16.1 Å². The Labute approximate surface area is 183 Å². The van der Waals surface area contributed by atoms with E-state index < -0.39 is 16.0 Å². The molecule has 0 atom stereocenters. The van der Waals surface area contributed by atoms with E-state index >= 15 is 0 Å². The highest BCUT2D eigenvalue weighted by Gasteiger charge is 2.26. The van der Waals surface area contributed by atoms with Gasteiger partial charge in [-0.05, 0) is 43.2 Å². The Balaban J connectivity index is 1.48. The van der Waals surface area contributed by atoms with Gasteiger partial charge in [0.1, 0.15) is 0 Å². The van der Waals surface area contributed by atoms with E-state index in [9.17, 15) is 18.3 Å². The van der Waals surface area contributed by atoms with Crippen LogP contribution in [0, 0.1) is 0 Å². The normalized spacial score (nSPS) is 18.6. The Morgan fingerprint density at radius 1 is 0.935 bits per heavy atom. The van der Waals surface area contributed by atoms with E-state index in [-0.39, 0.29) is 16.1 Å². The van der Waals surface area contributed by atoms with Crippen molar-refractivity contribution in [3.05, 3.63) is 54.1 Å².